The number of carbonyl (C=O) groups excluding carboxylic acids is 6. The van der Waals surface area contributed by atoms with Crippen LogP contribution in [0.5, 0.6) is 0 Å². The minimum Gasteiger partial charge on any atom is -0.383 e. The molecule has 53 heavy (non-hydrogen) atoms. The summed E-state index contributed by atoms with van der Waals surface area (Å²) in [6, 6.07) is -5.29. The molecule has 4 atom stereocenters. The highest BCUT2D eigenvalue weighted by Gasteiger charge is 2.31. The Morgan fingerprint density at radius 3 is 1.89 bits per heavy atom. The number of primary amides is 2. The Morgan fingerprint density at radius 2 is 1.32 bits per heavy atom. The number of amides is 6. The Kier molecular flexibility index (Phi) is 17.0. The van der Waals surface area contributed by atoms with Gasteiger partial charge in [0, 0.05) is 37.2 Å². The fraction of sp³-hybridized carbons (Fsp3) is 0.481. The minimum atomic E-state index is -1.53. The molecule has 0 saturated heterocycles. The number of aryl methyl sites for hydroxylation is 1. The molecule has 0 aliphatic rings. The summed E-state index contributed by atoms with van der Waals surface area (Å²) in [5, 5.41) is 9.63. The van der Waals surface area contributed by atoms with Crippen LogP contribution >= 0.6 is 25.3 Å². The maximum Gasteiger partial charge on any atom is 0.349 e. The summed E-state index contributed by atoms with van der Waals surface area (Å²) < 4.78 is 1.14. The zero-order chi connectivity index (χ0) is 39.8. The van der Waals surface area contributed by atoms with Crippen molar-refractivity contribution < 1.29 is 28.8 Å². The fourth-order valence-corrected chi connectivity index (χ4v) is 4.97. The molecule has 2 aromatic heterocycles. The van der Waals surface area contributed by atoms with E-state index in [2.05, 4.69) is 71.5 Å². The molecule has 290 valence electrons. The van der Waals surface area contributed by atoms with Crippen molar-refractivity contribution in [3.8, 4) is 11.4 Å². The summed E-state index contributed by atoms with van der Waals surface area (Å²) in [7, 11) is 0. The van der Waals surface area contributed by atoms with E-state index in [-0.39, 0.29) is 85.3 Å². The fourth-order valence-electron chi connectivity index (χ4n) is 4.44. The molecule has 2 aromatic rings. The smallest absolute Gasteiger partial charge is 0.349 e. The topological polar surface area (TPSA) is 419 Å². The van der Waals surface area contributed by atoms with Crippen molar-refractivity contribution in [3.05, 3.63) is 16.7 Å². The normalized spacial score (nSPS) is 13.0. The molecule has 0 aliphatic carbocycles. The van der Waals surface area contributed by atoms with E-state index in [1.54, 1.807) is 0 Å². The maximum absolute atomic E-state index is 13.4. The van der Waals surface area contributed by atoms with Gasteiger partial charge in [-0.3, -0.25) is 38.3 Å². The molecule has 26 heteroatoms. The number of nitrogens with zero attached hydrogens (tertiary/aromatic N) is 6. The van der Waals surface area contributed by atoms with Crippen molar-refractivity contribution in [1.29, 1.82) is 0 Å². The lowest BCUT2D eigenvalue weighted by molar-refractivity contribution is -0.135. The van der Waals surface area contributed by atoms with E-state index in [1.807, 2.05) is 0 Å². The van der Waals surface area contributed by atoms with Crippen molar-refractivity contribution in [1.82, 2.24) is 45.8 Å². The monoisotopic (exact) mass is 781 g/mol. The number of anilines is 3. The van der Waals surface area contributed by atoms with Crippen LogP contribution in [0.3, 0.4) is 0 Å². The number of aliphatic imine (C=N–C) groups is 1. The van der Waals surface area contributed by atoms with E-state index in [1.165, 1.54) is 6.20 Å². The second kappa shape index (κ2) is 20.8. The summed E-state index contributed by atoms with van der Waals surface area (Å²) in [6.45, 7) is 0.00925. The van der Waals surface area contributed by atoms with Crippen molar-refractivity contribution in [2.45, 2.75) is 62.8 Å². The van der Waals surface area contributed by atoms with Gasteiger partial charge in [0.25, 0.3) is 0 Å². The predicted octanol–water partition coefficient (Wildman–Crippen LogP) is -6.16. The average molecular weight is 782 g/mol. The third kappa shape index (κ3) is 14.3. The number of aromatic nitrogens is 5. The van der Waals surface area contributed by atoms with Gasteiger partial charge in [-0.05, 0) is 19.3 Å². The first-order valence-electron chi connectivity index (χ1n) is 15.6. The number of nitrogens with two attached hydrogens (primary N) is 7. The van der Waals surface area contributed by atoms with E-state index in [9.17, 15) is 33.6 Å². The van der Waals surface area contributed by atoms with E-state index in [4.69, 9.17) is 40.1 Å². The largest absolute Gasteiger partial charge is 0.383 e. The van der Waals surface area contributed by atoms with Crippen LogP contribution in [0.1, 0.15) is 32.1 Å². The van der Waals surface area contributed by atoms with Gasteiger partial charge in [0.1, 0.15) is 30.0 Å². The lowest BCUT2D eigenvalue weighted by Crippen LogP contribution is -2.59. The zero-order valence-electron chi connectivity index (χ0n) is 28.2. The maximum atomic E-state index is 13.4. The van der Waals surface area contributed by atoms with Crippen LogP contribution in [0, 0.1) is 0 Å². The van der Waals surface area contributed by atoms with Crippen LogP contribution in [0.4, 0.5) is 17.7 Å². The van der Waals surface area contributed by atoms with Crippen LogP contribution in [0.15, 0.2) is 16.0 Å². The van der Waals surface area contributed by atoms with E-state index < -0.39 is 71.7 Å². The molecule has 2 heterocycles. The van der Waals surface area contributed by atoms with Crippen LogP contribution in [0.25, 0.3) is 11.4 Å². The second-order valence-corrected chi connectivity index (χ2v) is 11.9. The van der Waals surface area contributed by atoms with Gasteiger partial charge in [0.2, 0.25) is 47.3 Å². The number of nitrogens with one attached hydrogen (secondary N) is 4. The Labute approximate surface area is 312 Å². The van der Waals surface area contributed by atoms with Crippen molar-refractivity contribution in [2.24, 2.45) is 27.9 Å². The van der Waals surface area contributed by atoms with E-state index in [0.717, 1.165) is 4.57 Å². The molecule has 2 rings (SSSR count). The third-order valence-corrected chi connectivity index (χ3v) is 7.76. The molecule has 0 radical (unpaired) electrons. The summed E-state index contributed by atoms with van der Waals surface area (Å²) in [5.74, 6) is -6.31. The highest BCUT2D eigenvalue weighted by molar-refractivity contribution is 7.80. The molecule has 0 saturated carbocycles. The molecular formula is C27H43N17O7S2. The number of rotatable bonds is 21. The van der Waals surface area contributed by atoms with Crippen LogP contribution in [-0.2, 0) is 35.3 Å². The molecule has 0 aliphatic heterocycles. The predicted molar refractivity (Wildman–Crippen MR) is 198 cm³/mol. The van der Waals surface area contributed by atoms with Crippen LogP contribution in [-0.4, -0.2) is 108 Å². The van der Waals surface area contributed by atoms with Gasteiger partial charge in [-0.1, -0.05) is 0 Å². The van der Waals surface area contributed by atoms with Gasteiger partial charge in [-0.15, -0.1) is 0 Å². The van der Waals surface area contributed by atoms with Crippen LogP contribution in [0.2, 0.25) is 0 Å². The number of guanidine groups is 1. The van der Waals surface area contributed by atoms with Crippen molar-refractivity contribution in [3.63, 3.8) is 0 Å². The second-order valence-electron chi connectivity index (χ2n) is 11.2. The molecule has 18 N–H and O–H groups in total. The molecule has 0 bridgehead atoms. The Balaban J connectivity index is 2.17. The quantitative estimate of drug-likeness (QED) is 0.0242. The molecule has 6 amide bonds. The lowest BCUT2D eigenvalue weighted by atomic mass is 10.1. The number of hydrogen-bond donors (Lipinski definition) is 13. The first kappa shape index (κ1) is 43.2. The van der Waals surface area contributed by atoms with Gasteiger partial charge >= 0.3 is 5.69 Å². The molecular weight excluding hydrogens is 739 g/mol. The lowest BCUT2D eigenvalue weighted by Gasteiger charge is -2.25. The Bertz CT molecular complexity index is 1730. The number of carbonyl (C=O) groups is 6. The van der Waals surface area contributed by atoms with E-state index >= 15 is 0 Å². The number of hydrogen-bond acceptors (Lipinski definition) is 17. The molecule has 0 unspecified atom stereocenters. The summed E-state index contributed by atoms with van der Waals surface area (Å²) >= 11 is 8.06. The standard InChI is InChI=1S/C27H43N17O7S2/c28-16(45)7-13(36-17(46)4-2-6-44-8-11(18(29)40-27(44)51)20-41-25(33)43-26(34)42-20)22(49)37-12(3-1-5-35-24(31)32)21(48)39-15(10-53)23(50)38-14(9-52)19(30)47/h8,12-15,52-53H,1-7,9-10H2,(H2,28,45)(H2,30,47)(H,36,46)(H,37,49)(H,38,50)(H,39,48)(H2,29,40,51)(H4,31,32,35)(H4,33,34,41,42,43)/t12-,13-,14-,15-/m0/s1. The number of nitrogen functional groups attached to an aromatic ring is 3. The first-order chi connectivity index (χ1) is 24.9. The van der Waals surface area contributed by atoms with Crippen molar-refractivity contribution >= 4 is 84.4 Å². The van der Waals surface area contributed by atoms with Gasteiger partial charge < -0.3 is 61.4 Å². The first-order valence-corrected chi connectivity index (χ1v) is 16.9. The van der Waals surface area contributed by atoms with Crippen molar-refractivity contribution in [2.75, 3.05) is 35.3 Å². The molecule has 0 fully saturated rings. The number of thiol groups is 2. The van der Waals surface area contributed by atoms with Crippen LogP contribution < -0.4 is 67.1 Å². The van der Waals surface area contributed by atoms with Gasteiger partial charge in [0.15, 0.2) is 11.8 Å². The summed E-state index contributed by atoms with van der Waals surface area (Å²) in [4.78, 5) is 107. The third-order valence-electron chi connectivity index (χ3n) is 7.03. The van der Waals surface area contributed by atoms with Gasteiger partial charge in [0.05, 0.1) is 12.0 Å². The molecule has 24 nitrogen and oxygen atoms in total. The Morgan fingerprint density at radius 1 is 0.755 bits per heavy atom. The molecule has 0 spiro atoms. The zero-order valence-corrected chi connectivity index (χ0v) is 30.0. The van der Waals surface area contributed by atoms with Gasteiger partial charge in [-0.2, -0.15) is 45.2 Å². The summed E-state index contributed by atoms with van der Waals surface area (Å²) in [5.41, 5.74) is 37.8. The Hall–Kier alpha value is -5.92. The SMILES string of the molecule is NC(=O)C[C@H](NC(=O)CCCn1cc(-c2nc(N)nc(N)n2)c(N)nc1=O)C(=O)N[C@@H](CCCN=C(N)N)C(=O)N[C@@H](CS)C(=O)N[C@@H](CS)C(N)=O. The highest BCUT2D eigenvalue weighted by Crippen LogP contribution is 2.20. The average Bonchev–Trinajstić information content (AvgIpc) is 3.06. The summed E-state index contributed by atoms with van der Waals surface area (Å²) in [6.07, 6.45) is 0.540. The van der Waals surface area contributed by atoms with E-state index in [0.29, 0.717) is 0 Å². The highest BCUT2D eigenvalue weighted by atomic mass is 32.1. The minimum absolute atomic E-state index is 0.0374. The van der Waals surface area contributed by atoms with Gasteiger partial charge in [-0.25, -0.2) is 4.79 Å². The molecule has 0 aromatic carbocycles.